The van der Waals surface area contributed by atoms with Crippen molar-refractivity contribution < 1.29 is 0 Å². The first-order valence-corrected chi connectivity index (χ1v) is 6.11. The van der Waals surface area contributed by atoms with Gasteiger partial charge in [-0.25, -0.2) is 4.98 Å². The minimum atomic E-state index is 0.423. The van der Waals surface area contributed by atoms with E-state index in [0.29, 0.717) is 16.2 Å². The number of aromatic nitrogens is 1. The standard InChI is InChI=1S/C9H11Cl2NS/c1-6(5-13-2)7-3-4-8(10)12-9(7)11/h3-4,6H,5H2,1-2H3/t6-/m1/s1. The first-order chi connectivity index (χ1) is 6.15. The summed E-state index contributed by atoms with van der Waals surface area (Å²) in [6.45, 7) is 2.13. The molecule has 13 heavy (non-hydrogen) atoms. The van der Waals surface area contributed by atoms with Crippen LogP contribution < -0.4 is 0 Å². The fraction of sp³-hybridized carbons (Fsp3) is 0.444. The van der Waals surface area contributed by atoms with E-state index in [1.165, 1.54) is 0 Å². The third-order valence-electron chi connectivity index (χ3n) is 1.79. The summed E-state index contributed by atoms with van der Waals surface area (Å²) in [6, 6.07) is 3.72. The largest absolute Gasteiger partial charge is 0.224 e. The third kappa shape index (κ3) is 3.04. The number of halogens is 2. The van der Waals surface area contributed by atoms with E-state index in [9.17, 15) is 0 Å². The molecular formula is C9H11Cl2NS. The van der Waals surface area contributed by atoms with Crippen molar-refractivity contribution in [1.29, 1.82) is 0 Å². The molecule has 0 saturated heterocycles. The number of nitrogens with zero attached hydrogens (tertiary/aromatic N) is 1. The zero-order chi connectivity index (χ0) is 9.84. The molecule has 0 aliphatic carbocycles. The Labute approximate surface area is 92.8 Å². The Bertz CT molecular complexity index is 291. The van der Waals surface area contributed by atoms with Crippen LogP contribution in [0.2, 0.25) is 10.3 Å². The van der Waals surface area contributed by atoms with Crippen molar-refractivity contribution >= 4 is 35.0 Å². The molecule has 0 aliphatic heterocycles. The highest BCUT2D eigenvalue weighted by atomic mass is 35.5. The van der Waals surface area contributed by atoms with Gasteiger partial charge in [0.25, 0.3) is 0 Å². The van der Waals surface area contributed by atoms with Gasteiger partial charge < -0.3 is 0 Å². The summed E-state index contributed by atoms with van der Waals surface area (Å²) in [4.78, 5) is 4.00. The predicted molar refractivity (Wildman–Crippen MR) is 61.1 cm³/mol. The molecule has 1 heterocycles. The highest BCUT2D eigenvalue weighted by molar-refractivity contribution is 7.98. The highest BCUT2D eigenvalue weighted by Crippen LogP contribution is 2.26. The van der Waals surface area contributed by atoms with Crippen LogP contribution in [0.1, 0.15) is 18.4 Å². The second kappa shape index (κ2) is 5.08. The number of rotatable bonds is 3. The van der Waals surface area contributed by atoms with Crippen LogP contribution in [0.4, 0.5) is 0 Å². The van der Waals surface area contributed by atoms with E-state index in [2.05, 4.69) is 18.2 Å². The molecule has 1 rings (SSSR count). The second-order valence-electron chi connectivity index (χ2n) is 2.87. The van der Waals surface area contributed by atoms with Gasteiger partial charge in [-0.05, 0) is 29.6 Å². The molecule has 0 N–H and O–H groups in total. The lowest BCUT2D eigenvalue weighted by molar-refractivity contribution is 0.873. The van der Waals surface area contributed by atoms with Crippen LogP contribution in [0.25, 0.3) is 0 Å². The van der Waals surface area contributed by atoms with Gasteiger partial charge in [0, 0.05) is 0 Å². The average Bonchev–Trinajstić information content (AvgIpc) is 2.04. The van der Waals surface area contributed by atoms with E-state index in [1.54, 1.807) is 17.8 Å². The minimum Gasteiger partial charge on any atom is -0.224 e. The Balaban J connectivity index is 2.88. The smallest absolute Gasteiger partial charge is 0.134 e. The topological polar surface area (TPSA) is 12.9 Å². The zero-order valence-corrected chi connectivity index (χ0v) is 9.88. The van der Waals surface area contributed by atoms with Crippen molar-refractivity contribution in [2.45, 2.75) is 12.8 Å². The van der Waals surface area contributed by atoms with Crippen LogP contribution in [0, 0.1) is 0 Å². The summed E-state index contributed by atoms with van der Waals surface area (Å²) in [7, 11) is 0. The van der Waals surface area contributed by atoms with E-state index in [-0.39, 0.29) is 0 Å². The molecule has 1 nitrogen and oxygen atoms in total. The van der Waals surface area contributed by atoms with Gasteiger partial charge in [0.15, 0.2) is 0 Å². The summed E-state index contributed by atoms with van der Waals surface area (Å²) in [5, 5.41) is 0.971. The highest BCUT2D eigenvalue weighted by Gasteiger charge is 2.10. The van der Waals surface area contributed by atoms with Gasteiger partial charge in [0.1, 0.15) is 10.3 Å². The van der Waals surface area contributed by atoms with Gasteiger partial charge in [-0.1, -0.05) is 36.2 Å². The third-order valence-corrected chi connectivity index (χ3v) is 3.14. The van der Waals surface area contributed by atoms with Crippen LogP contribution in [-0.2, 0) is 0 Å². The molecule has 0 fully saturated rings. The molecule has 0 saturated carbocycles. The van der Waals surface area contributed by atoms with E-state index in [4.69, 9.17) is 23.2 Å². The maximum absolute atomic E-state index is 5.96. The van der Waals surface area contributed by atoms with Gasteiger partial charge in [0.05, 0.1) is 0 Å². The van der Waals surface area contributed by atoms with E-state index in [0.717, 1.165) is 11.3 Å². The maximum atomic E-state index is 5.96. The molecule has 0 unspecified atom stereocenters. The fourth-order valence-corrected chi connectivity index (χ4v) is 2.34. The fourth-order valence-electron chi connectivity index (χ4n) is 1.13. The predicted octanol–water partition coefficient (Wildman–Crippen LogP) is 3.85. The summed E-state index contributed by atoms with van der Waals surface area (Å²) < 4.78 is 0. The van der Waals surface area contributed by atoms with Gasteiger partial charge in [-0.2, -0.15) is 11.8 Å². The summed E-state index contributed by atoms with van der Waals surface area (Å²) in [5.41, 5.74) is 1.07. The van der Waals surface area contributed by atoms with Gasteiger partial charge >= 0.3 is 0 Å². The van der Waals surface area contributed by atoms with Crippen molar-refractivity contribution in [2.75, 3.05) is 12.0 Å². The summed E-state index contributed by atoms with van der Waals surface area (Å²) in [6.07, 6.45) is 2.08. The lowest BCUT2D eigenvalue weighted by Crippen LogP contribution is -1.98. The molecule has 72 valence electrons. The van der Waals surface area contributed by atoms with Crippen LogP contribution in [0.15, 0.2) is 12.1 Å². The number of pyridine rings is 1. The van der Waals surface area contributed by atoms with Crippen molar-refractivity contribution in [3.05, 3.63) is 28.0 Å². The second-order valence-corrected chi connectivity index (χ2v) is 4.53. The first kappa shape index (κ1) is 11.2. The van der Waals surface area contributed by atoms with Crippen molar-refractivity contribution in [3.63, 3.8) is 0 Å². The molecule has 0 radical (unpaired) electrons. The van der Waals surface area contributed by atoms with E-state index < -0.39 is 0 Å². The molecule has 0 aromatic carbocycles. The Morgan fingerprint density at radius 3 is 2.69 bits per heavy atom. The molecule has 4 heteroatoms. The quantitative estimate of drug-likeness (QED) is 0.739. The zero-order valence-electron chi connectivity index (χ0n) is 7.55. The number of thioether (sulfide) groups is 1. The van der Waals surface area contributed by atoms with Gasteiger partial charge in [-0.3, -0.25) is 0 Å². The van der Waals surface area contributed by atoms with E-state index >= 15 is 0 Å². The minimum absolute atomic E-state index is 0.423. The maximum Gasteiger partial charge on any atom is 0.134 e. The molecular weight excluding hydrogens is 225 g/mol. The molecule has 1 aromatic rings. The molecule has 1 aromatic heterocycles. The molecule has 0 bridgehead atoms. The number of hydrogen-bond donors (Lipinski definition) is 0. The van der Waals surface area contributed by atoms with Gasteiger partial charge in [-0.15, -0.1) is 0 Å². The molecule has 0 amide bonds. The van der Waals surface area contributed by atoms with Crippen LogP contribution in [-0.4, -0.2) is 17.0 Å². The number of hydrogen-bond acceptors (Lipinski definition) is 2. The first-order valence-electron chi connectivity index (χ1n) is 3.96. The monoisotopic (exact) mass is 235 g/mol. The Morgan fingerprint density at radius 1 is 1.46 bits per heavy atom. The Kier molecular flexibility index (Phi) is 4.36. The normalized spacial score (nSPS) is 12.9. The lowest BCUT2D eigenvalue weighted by atomic mass is 10.1. The van der Waals surface area contributed by atoms with E-state index in [1.807, 2.05) is 6.07 Å². The Morgan fingerprint density at radius 2 is 2.15 bits per heavy atom. The molecule has 0 spiro atoms. The summed E-state index contributed by atoms with van der Waals surface area (Å²) in [5.74, 6) is 1.47. The van der Waals surface area contributed by atoms with Crippen LogP contribution in [0.5, 0.6) is 0 Å². The van der Waals surface area contributed by atoms with Crippen LogP contribution in [0.3, 0.4) is 0 Å². The SMILES string of the molecule is CSC[C@@H](C)c1ccc(Cl)nc1Cl. The molecule has 1 atom stereocenters. The molecule has 0 aliphatic rings. The lowest BCUT2D eigenvalue weighted by Gasteiger charge is -2.11. The van der Waals surface area contributed by atoms with Crippen molar-refractivity contribution in [1.82, 2.24) is 4.98 Å². The van der Waals surface area contributed by atoms with Crippen molar-refractivity contribution in [3.8, 4) is 0 Å². The van der Waals surface area contributed by atoms with Crippen molar-refractivity contribution in [2.24, 2.45) is 0 Å². The summed E-state index contributed by atoms with van der Waals surface area (Å²) >= 11 is 13.5. The van der Waals surface area contributed by atoms with Gasteiger partial charge in [0.2, 0.25) is 0 Å². The Hall–Kier alpha value is 0.0800. The average molecular weight is 236 g/mol. The van der Waals surface area contributed by atoms with Crippen LogP contribution >= 0.6 is 35.0 Å².